The highest BCUT2D eigenvalue weighted by molar-refractivity contribution is 14.1. The first kappa shape index (κ1) is 18.3. The molecule has 24 heavy (non-hydrogen) atoms. The van der Waals surface area contributed by atoms with Crippen molar-refractivity contribution in [3.05, 3.63) is 57.2 Å². The number of nitrogens with zero attached hydrogens (tertiary/aromatic N) is 1. The summed E-state index contributed by atoms with van der Waals surface area (Å²) >= 11 is 2.18. The second kappa shape index (κ2) is 9.27. The van der Waals surface area contributed by atoms with Crippen LogP contribution in [-0.2, 0) is 0 Å². The third kappa shape index (κ3) is 5.52. The predicted molar refractivity (Wildman–Crippen MR) is 103 cm³/mol. The van der Waals surface area contributed by atoms with Crippen molar-refractivity contribution in [1.29, 1.82) is 0 Å². The second-order valence-electron chi connectivity index (χ2n) is 5.22. The van der Waals surface area contributed by atoms with Gasteiger partial charge in [0.15, 0.2) is 0 Å². The van der Waals surface area contributed by atoms with E-state index < -0.39 is 0 Å². The molecule has 0 unspecified atom stereocenters. The van der Waals surface area contributed by atoms with E-state index in [1.165, 1.54) is 6.07 Å². The Balaban J connectivity index is 1.68. The van der Waals surface area contributed by atoms with E-state index in [0.29, 0.717) is 18.7 Å². The Morgan fingerprint density at radius 1 is 1.12 bits per heavy atom. The lowest BCUT2D eigenvalue weighted by molar-refractivity contribution is 0.0950. The fourth-order valence-electron chi connectivity index (χ4n) is 2.08. The maximum absolute atomic E-state index is 11.9. The molecule has 0 aliphatic carbocycles. The van der Waals surface area contributed by atoms with E-state index in [-0.39, 0.29) is 23.0 Å². The lowest BCUT2D eigenvalue weighted by atomic mass is 10.2. The highest BCUT2D eigenvalue weighted by Gasteiger charge is 2.08. The summed E-state index contributed by atoms with van der Waals surface area (Å²) in [6, 6.07) is 11.8. The lowest BCUT2D eigenvalue weighted by Gasteiger charge is -2.06. The standard InChI is InChI=1S/C18H19IN2O3/c19-14-7-8-16(22)13(11-14)12-20-9-3-4-10-21-18(24)15-5-1-2-6-17(15)23/h1-2,5-8,11-12,22-23H,3-4,9-10H2,(H,21,24). The van der Waals surface area contributed by atoms with Crippen LogP contribution in [0.1, 0.15) is 28.8 Å². The zero-order valence-corrected chi connectivity index (χ0v) is 15.2. The Labute approximate surface area is 154 Å². The van der Waals surface area contributed by atoms with E-state index in [0.717, 1.165) is 16.4 Å². The smallest absolute Gasteiger partial charge is 0.255 e. The minimum Gasteiger partial charge on any atom is -0.507 e. The number of nitrogens with one attached hydrogen (secondary N) is 1. The molecule has 0 fully saturated rings. The Morgan fingerprint density at radius 2 is 1.92 bits per heavy atom. The van der Waals surface area contributed by atoms with Gasteiger partial charge in [0, 0.05) is 28.4 Å². The largest absolute Gasteiger partial charge is 0.507 e. The van der Waals surface area contributed by atoms with E-state index in [1.807, 2.05) is 12.1 Å². The van der Waals surface area contributed by atoms with Crippen molar-refractivity contribution in [3.63, 3.8) is 0 Å². The van der Waals surface area contributed by atoms with Gasteiger partial charge < -0.3 is 15.5 Å². The van der Waals surface area contributed by atoms with E-state index in [9.17, 15) is 15.0 Å². The van der Waals surface area contributed by atoms with Crippen LogP contribution >= 0.6 is 22.6 Å². The van der Waals surface area contributed by atoms with Gasteiger partial charge >= 0.3 is 0 Å². The topological polar surface area (TPSA) is 81.9 Å². The summed E-state index contributed by atoms with van der Waals surface area (Å²) < 4.78 is 1.04. The zero-order valence-electron chi connectivity index (χ0n) is 13.1. The number of halogens is 1. The molecular formula is C18H19IN2O3. The Hall–Kier alpha value is -2.09. The summed E-state index contributed by atoms with van der Waals surface area (Å²) in [5, 5.41) is 22.1. The quantitative estimate of drug-likeness (QED) is 0.353. The van der Waals surface area contributed by atoms with Crippen LogP contribution in [0.15, 0.2) is 47.5 Å². The molecule has 0 radical (unpaired) electrons. The molecule has 0 aliphatic heterocycles. The van der Waals surface area contributed by atoms with Gasteiger partial charge in [-0.1, -0.05) is 12.1 Å². The van der Waals surface area contributed by atoms with Gasteiger partial charge in [0.2, 0.25) is 0 Å². The van der Waals surface area contributed by atoms with Gasteiger partial charge in [0.1, 0.15) is 11.5 Å². The van der Waals surface area contributed by atoms with Crippen LogP contribution < -0.4 is 5.32 Å². The lowest BCUT2D eigenvalue weighted by Crippen LogP contribution is -2.24. The third-order valence-corrected chi connectivity index (χ3v) is 4.04. The molecule has 6 heteroatoms. The number of aliphatic imine (C=N–C) groups is 1. The molecule has 0 bridgehead atoms. The molecule has 0 aliphatic rings. The van der Waals surface area contributed by atoms with Gasteiger partial charge in [-0.2, -0.15) is 0 Å². The molecule has 5 nitrogen and oxygen atoms in total. The molecule has 2 aromatic carbocycles. The van der Waals surface area contributed by atoms with Crippen molar-refractivity contribution < 1.29 is 15.0 Å². The van der Waals surface area contributed by atoms with E-state index in [1.54, 1.807) is 30.5 Å². The van der Waals surface area contributed by atoms with Crippen LogP contribution in [0, 0.1) is 3.57 Å². The summed E-state index contributed by atoms with van der Waals surface area (Å²) in [5.41, 5.74) is 0.986. The normalized spacial score (nSPS) is 10.9. The fourth-order valence-corrected chi connectivity index (χ4v) is 2.60. The molecule has 0 atom stereocenters. The Bertz CT molecular complexity index is 732. The summed E-state index contributed by atoms with van der Waals surface area (Å²) in [5.74, 6) is -0.0774. The van der Waals surface area contributed by atoms with Crippen molar-refractivity contribution in [2.24, 2.45) is 4.99 Å². The number of hydrogen-bond acceptors (Lipinski definition) is 4. The molecule has 0 aromatic heterocycles. The minimum atomic E-state index is -0.277. The number of amides is 1. The van der Waals surface area contributed by atoms with Crippen molar-refractivity contribution in [2.45, 2.75) is 12.8 Å². The Kier molecular flexibility index (Phi) is 7.05. The van der Waals surface area contributed by atoms with Gasteiger partial charge in [0.05, 0.1) is 5.56 Å². The summed E-state index contributed by atoms with van der Waals surface area (Å²) in [4.78, 5) is 16.2. The first-order chi connectivity index (χ1) is 11.6. The van der Waals surface area contributed by atoms with Crippen molar-refractivity contribution in [1.82, 2.24) is 5.32 Å². The number of carbonyl (C=O) groups excluding carboxylic acids is 1. The number of rotatable bonds is 7. The zero-order chi connectivity index (χ0) is 17.4. The fraction of sp³-hybridized carbons (Fsp3) is 0.222. The molecule has 0 spiro atoms. The summed E-state index contributed by atoms with van der Waals surface area (Å²) in [7, 11) is 0. The molecule has 0 saturated carbocycles. The second-order valence-corrected chi connectivity index (χ2v) is 6.46. The molecule has 1 amide bonds. The maximum Gasteiger partial charge on any atom is 0.255 e. The molecule has 2 aromatic rings. The molecule has 3 N–H and O–H groups in total. The van der Waals surface area contributed by atoms with Crippen molar-refractivity contribution in [3.8, 4) is 11.5 Å². The molecule has 0 heterocycles. The Morgan fingerprint density at radius 3 is 2.71 bits per heavy atom. The molecule has 2 rings (SSSR count). The minimum absolute atomic E-state index is 0.0168. The number of phenols is 2. The number of benzene rings is 2. The summed E-state index contributed by atoms with van der Waals surface area (Å²) in [6.45, 7) is 1.15. The van der Waals surface area contributed by atoms with E-state index in [2.05, 4.69) is 32.9 Å². The van der Waals surface area contributed by atoms with Crippen molar-refractivity contribution in [2.75, 3.05) is 13.1 Å². The van der Waals surface area contributed by atoms with Crippen LogP contribution in [0.5, 0.6) is 11.5 Å². The first-order valence-corrected chi connectivity index (χ1v) is 8.70. The van der Waals surface area contributed by atoms with Crippen LogP contribution in [0.2, 0.25) is 0 Å². The van der Waals surface area contributed by atoms with Gasteiger partial charge in [-0.25, -0.2) is 0 Å². The highest BCUT2D eigenvalue weighted by atomic mass is 127. The van der Waals surface area contributed by atoms with Gasteiger partial charge in [-0.05, 0) is 65.8 Å². The van der Waals surface area contributed by atoms with Gasteiger partial charge in [-0.3, -0.25) is 9.79 Å². The first-order valence-electron chi connectivity index (χ1n) is 7.62. The number of unbranched alkanes of at least 4 members (excludes halogenated alkanes) is 1. The molecule has 0 saturated heterocycles. The molecule has 126 valence electrons. The number of para-hydroxylation sites is 1. The SMILES string of the molecule is O=C(NCCCCN=Cc1cc(I)ccc1O)c1ccccc1O. The number of aromatic hydroxyl groups is 2. The van der Waals surface area contributed by atoms with E-state index in [4.69, 9.17) is 0 Å². The van der Waals surface area contributed by atoms with Gasteiger partial charge in [0.25, 0.3) is 5.91 Å². The van der Waals surface area contributed by atoms with Gasteiger partial charge in [-0.15, -0.1) is 0 Å². The van der Waals surface area contributed by atoms with Crippen LogP contribution in [0.3, 0.4) is 0 Å². The number of hydrogen-bond donors (Lipinski definition) is 3. The van der Waals surface area contributed by atoms with Crippen LogP contribution in [0.25, 0.3) is 0 Å². The highest BCUT2D eigenvalue weighted by Crippen LogP contribution is 2.17. The maximum atomic E-state index is 11.9. The molecular weight excluding hydrogens is 419 g/mol. The average Bonchev–Trinajstić information content (AvgIpc) is 2.57. The van der Waals surface area contributed by atoms with Crippen molar-refractivity contribution >= 4 is 34.7 Å². The number of phenolic OH excluding ortho intramolecular Hbond substituents is 2. The van der Waals surface area contributed by atoms with Crippen LogP contribution in [-0.4, -0.2) is 35.4 Å². The summed E-state index contributed by atoms with van der Waals surface area (Å²) in [6.07, 6.45) is 3.27. The predicted octanol–water partition coefficient (Wildman–Crippen LogP) is 3.33. The van der Waals surface area contributed by atoms with E-state index >= 15 is 0 Å². The monoisotopic (exact) mass is 438 g/mol. The third-order valence-electron chi connectivity index (χ3n) is 3.37. The average molecular weight is 438 g/mol. The van der Waals surface area contributed by atoms with Crippen LogP contribution in [0.4, 0.5) is 0 Å². The number of carbonyl (C=O) groups is 1.